The molecule has 0 aliphatic rings. The molecule has 0 fully saturated rings. The highest BCUT2D eigenvalue weighted by Crippen LogP contribution is 2.20. The standard InChI is InChI=1S/C18H23N3O3/c1-5-21(11-17(22)19-12(2)3)18(23)16-8-6-13-10-14(24-4)7-9-15(13)20-16/h6-10,12H,5,11H2,1-4H3,(H,19,22). The molecule has 2 rings (SSSR count). The maximum atomic E-state index is 12.6. The lowest BCUT2D eigenvalue weighted by molar-refractivity contribution is -0.122. The lowest BCUT2D eigenvalue weighted by Gasteiger charge is -2.21. The summed E-state index contributed by atoms with van der Waals surface area (Å²) >= 11 is 0. The molecule has 0 aliphatic carbocycles. The molecule has 0 saturated carbocycles. The van der Waals surface area contributed by atoms with Gasteiger partial charge in [0.15, 0.2) is 0 Å². The number of likely N-dealkylation sites (N-methyl/N-ethyl adjacent to an activating group) is 1. The van der Waals surface area contributed by atoms with Crippen LogP contribution in [0.5, 0.6) is 5.75 Å². The number of hydrogen-bond donors (Lipinski definition) is 1. The molecular weight excluding hydrogens is 306 g/mol. The van der Waals surface area contributed by atoms with Gasteiger partial charge in [0.25, 0.3) is 5.91 Å². The number of carbonyl (C=O) groups is 2. The van der Waals surface area contributed by atoms with Crippen LogP contribution in [0.4, 0.5) is 0 Å². The Kier molecular flexibility index (Phi) is 5.73. The number of amides is 2. The number of methoxy groups -OCH3 is 1. The van der Waals surface area contributed by atoms with Crippen molar-refractivity contribution in [2.24, 2.45) is 0 Å². The highest BCUT2D eigenvalue weighted by atomic mass is 16.5. The van der Waals surface area contributed by atoms with Crippen molar-refractivity contribution in [3.05, 3.63) is 36.0 Å². The van der Waals surface area contributed by atoms with Gasteiger partial charge in [0, 0.05) is 18.0 Å². The maximum absolute atomic E-state index is 12.6. The van der Waals surface area contributed by atoms with Crippen LogP contribution in [0.3, 0.4) is 0 Å². The van der Waals surface area contributed by atoms with Crippen molar-refractivity contribution >= 4 is 22.7 Å². The van der Waals surface area contributed by atoms with E-state index in [4.69, 9.17) is 4.74 Å². The number of fused-ring (bicyclic) bond motifs is 1. The summed E-state index contributed by atoms with van der Waals surface area (Å²) in [6.07, 6.45) is 0. The number of carbonyl (C=O) groups excluding carboxylic acids is 2. The first-order valence-electron chi connectivity index (χ1n) is 7.98. The second-order valence-corrected chi connectivity index (χ2v) is 5.80. The SMILES string of the molecule is CCN(CC(=O)NC(C)C)C(=O)c1ccc2cc(OC)ccc2n1. The Labute approximate surface area is 141 Å². The first-order chi connectivity index (χ1) is 11.4. The van der Waals surface area contributed by atoms with Crippen molar-refractivity contribution in [3.63, 3.8) is 0 Å². The van der Waals surface area contributed by atoms with Gasteiger partial charge in [-0.2, -0.15) is 0 Å². The van der Waals surface area contributed by atoms with Crippen molar-refractivity contribution in [3.8, 4) is 5.75 Å². The molecule has 1 aromatic carbocycles. The zero-order valence-corrected chi connectivity index (χ0v) is 14.5. The fourth-order valence-corrected chi connectivity index (χ4v) is 2.38. The summed E-state index contributed by atoms with van der Waals surface area (Å²) in [6.45, 7) is 6.07. The van der Waals surface area contributed by atoms with Crippen molar-refractivity contribution in [1.82, 2.24) is 15.2 Å². The third kappa shape index (κ3) is 4.22. The Morgan fingerprint density at radius 3 is 2.62 bits per heavy atom. The summed E-state index contributed by atoms with van der Waals surface area (Å²) in [5.41, 5.74) is 1.04. The van der Waals surface area contributed by atoms with Crippen LogP contribution in [0.15, 0.2) is 30.3 Å². The van der Waals surface area contributed by atoms with Crippen LogP contribution in [0.25, 0.3) is 10.9 Å². The fraction of sp³-hybridized carbons (Fsp3) is 0.389. The number of ether oxygens (including phenoxy) is 1. The molecule has 0 unspecified atom stereocenters. The minimum absolute atomic E-state index is 0.0237. The van der Waals surface area contributed by atoms with Gasteiger partial charge < -0.3 is 15.0 Å². The summed E-state index contributed by atoms with van der Waals surface area (Å²) in [7, 11) is 1.60. The van der Waals surface area contributed by atoms with E-state index in [9.17, 15) is 9.59 Å². The largest absolute Gasteiger partial charge is 0.497 e. The van der Waals surface area contributed by atoms with E-state index in [2.05, 4.69) is 10.3 Å². The quantitative estimate of drug-likeness (QED) is 0.882. The smallest absolute Gasteiger partial charge is 0.272 e. The average molecular weight is 329 g/mol. The Bertz CT molecular complexity index is 743. The van der Waals surface area contributed by atoms with E-state index < -0.39 is 0 Å². The molecule has 0 radical (unpaired) electrons. The zero-order chi connectivity index (χ0) is 17.7. The van der Waals surface area contributed by atoms with E-state index >= 15 is 0 Å². The molecule has 0 bridgehead atoms. The Balaban J connectivity index is 2.20. The predicted octanol–water partition coefficient (Wildman–Crippen LogP) is 2.23. The number of rotatable bonds is 6. The summed E-state index contributed by atoms with van der Waals surface area (Å²) in [5, 5.41) is 3.68. The summed E-state index contributed by atoms with van der Waals surface area (Å²) in [4.78, 5) is 30.4. The first kappa shape index (κ1) is 17.7. The third-order valence-corrected chi connectivity index (χ3v) is 3.57. The molecule has 2 amide bonds. The van der Waals surface area contributed by atoms with Crippen LogP contribution in [0.1, 0.15) is 31.3 Å². The third-order valence-electron chi connectivity index (χ3n) is 3.57. The highest BCUT2D eigenvalue weighted by Gasteiger charge is 2.19. The van der Waals surface area contributed by atoms with Gasteiger partial charge in [-0.15, -0.1) is 0 Å². The number of aromatic nitrogens is 1. The van der Waals surface area contributed by atoms with Crippen molar-refractivity contribution in [2.45, 2.75) is 26.8 Å². The number of benzene rings is 1. The molecule has 128 valence electrons. The molecule has 1 heterocycles. The molecule has 0 aliphatic heterocycles. The van der Waals surface area contributed by atoms with Gasteiger partial charge in [-0.3, -0.25) is 9.59 Å². The number of nitrogens with zero attached hydrogens (tertiary/aromatic N) is 2. The van der Waals surface area contributed by atoms with Gasteiger partial charge in [0.1, 0.15) is 11.4 Å². The number of nitrogens with one attached hydrogen (secondary N) is 1. The van der Waals surface area contributed by atoms with E-state index in [1.165, 1.54) is 4.90 Å². The van der Waals surface area contributed by atoms with Crippen molar-refractivity contribution in [2.75, 3.05) is 20.2 Å². The minimum Gasteiger partial charge on any atom is -0.497 e. The predicted molar refractivity (Wildman–Crippen MR) is 93.2 cm³/mol. The number of pyridine rings is 1. The van der Waals surface area contributed by atoms with E-state index in [0.717, 1.165) is 11.1 Å². The molecule has 24 heavy (non-hydrogen) atoms. The van der Waals surface area contributed by atoms with Crippen LogP contribution in [-0.4, -0.2) is 47.9 Å². The zero-order valence-electron chi connectivity index (χ0n) is 14.5. The summed E-state index contributed by atoms with van der Waals surface area (Å²) in [6, 6.07) is 9.03. The van der Waals surface area contributed by atoms with Gasteiger partial charge in [0.2, 0.25) is 5.91 Å². The Hall–Kier alpha value is -2.63. The Morgan fingerprint density at radius 1 is 1.25 bits per heavy atom. The molecule has 1 aromatic heterocycles. The molecule has 0 saturated heterocycles. The summed E-state index contributed by atoms with van der Waals surface area (Å²) < 4.78 is 5.18. The van der Waals surface area contributed by atoms with Gasteiger partial charge >= 0.3 is 0 Å². The van der Waals surface area contributed by atoms with E-state index in [-0.39, 0.29) is 24.4 Å². The second kappa shape index (κ2) is 7.77. The van der Waals surface area contributed by atoms with Crippen LogP contribution < -0.4 is 10.1 Å². The van der Waals surface area contributed by atoms with Gasteiger partial charge in [0.05, 0.1) is 19.2 Å². The normalized spacial score (nSPS) is 10.7. The van der Waals surface area contributed by atoms with Gasteiger partial charge in [-0.25, -0.2) is 4.98 Å². The molecule has 0 spiro atoms. The average Bonchev–Trinajstić information content (AvgIpc) is 2.57. The second-order valence-electron chi connectivity index (χ2n) is 5.80. The van der Waals surface area contributed by atoms with Crippen LogP contribution in [0, 0.1) is 0 Å². The van der Waals surface area contributed by atoms with Crippen LogP contribution in [0.2, 0.25) is 0 Å². The van der Waals surface area contributed by atoms with Crippen molar-refractivity contribution in [1.29, 1.82) is 0 Å². The lowest BCUT2D eigenvalue weighted by atomic mass is 10.2. The van der Waals surface area contributed by atoms with E-state index in [0.29, 0.717) is 17.8 Å². The Morgan fingerprint density at radius 2 is 2.00 bits per heavy atom. The number of hydrogen-bond acceptors (Lipinski definition) is 4. The summed E-state index contributed by atoms with van der Waals surface area (Å²) in [5.74, 6) is 0.309. The maximum Gasteiger partial charge on any atom is 0.272 e. The van der Waals surface area contributed by atoms with Crippen molar-refractivity contribution < 1.29 is 14.3 Å². The van der Waals surface area contributed by atoms with Crippen LogP contribution in [-0.2, 0) is 4.79 Å². The monoisotopic (exact) mass is 329 g/mol. The van der Waals surface area contributed by atoms with Crippen LogP contribution >= 0.6 is 0 Å². The highest BCUT2D eigenvalue weighted by molar-refractivity contribution is 5.97. The van der Waals surface area contributed by atoms with E-state index in [1.54, 1.807) is 19.2 Å². The van der Waals surface area contributed by atoms with E-state index in [1.807, 2.05) is 39.0 Å². The lowest BCUT2D eigenvalue weighted by Crippen LogP contribution is -2.42. The molecule has 6 heteroatoms. The molecule has 6 nitrogen and oxygen atoms in total. The molecule has 1 N–H and O–H groups in total. The molecular formula is C18H23N3O3. The van der Waals surface area contributed by atoms with Gasteiger partial charge in [-0.1, -0.05) is 6.07 Å². The fourth-order valence-electron chi connectivity index (χ4n) is 2.38. The molecule has 0 atom stereocenters. The minimum atomic E-state index is -0.255. The first-order valence-corrected chi connectivity index (χ1v) is 7.98. The topological polar surface area (TPSA) is 71.5 Å². The molecule has 2 aromatic rings. The van der Waals surface area contributed by atoms with Gasteiger partial charge in [-0.05, 0) is 45.0 Å².